The number of hydrogen-bond donors (Lipinski definition) is 1. The fourth-order valence-corrected chi connectivity index (χ4v) is 2.61. The lowest BCUT2D eigenvalue weighted by Crippen LogP contribution is -2.30. The van der Waals surface area contributed by atoms with E-state index in [1.807, 2.05) is 7.05 Å². The highest BCUT2D eigenvalue weighted by Crippen LogP contribution is 2.23. The van der Waals surface area contributed by atoms with E-state index in [1.165, 1.54) is 18.9 Å². The third-order valence-corrected chi connectivity index (χ3v) is 3.74. The molecular weight excluding hydrogens is 249 g/mol. The monoisotopic (exact) mass is 271 g/mol. The summed E-state index contributed by atoms with van der Waals surface area (Å²) < 4.78 is 13.7. The van der Waals surface area contributed by atoms with Crippen LogP contribution < -0.4 is 5.32 Å². The lowest BCUT2D eigenvalue weighted by molar-refractivity contribution is 0.394. The van der Waals surface area contributed by atoms with Gasteiger partial charge in [-0.1, -0.05) is 44.4 Å². The summed E-state index contributed by atoms with van der Waals surface area (Å²) in [4.78, 5) is 0. The van der Waals surface area contributed by atoms with Crippen molar-refractivity contribution in [2.75, 3.05) is 7.05 Å². The van der Waals surface area contributed by atoms with Crippen molar-refractivity contribution in [2.24, 2.45) is 5.92 Å². The minimum atomic E-state index is -0.203. The lowest BCUT2D eigenvalue weighted by Gasteiger charge is -2.21. The van der Waals surface area contributed by atoms with Crippen LogP contribution in [0.3, 0.4) is 0 Å². The minimum absolute atomic E-state index is 0.203. The summed E-state index contributed by atoms with van der Waals surface area (Å²) in [5.74, 6) is 0.448. The van der Waals surface area contributed by atoms with Crippen LogP contribution in [0.4, 0.5) is 4.39 Å². The zero-order chi connectivity index (χ0) is 13.5. The first-order chi connectivity index (χ1) is 8.58. The molecule has 18 heavy (non-hydrogen) atoms. The molecule has 0 aliphatic heterocycles. The van der Waals surface area contributed by atoms with Gasteiger partial charge >= 0.3 is 0 Å². The second-order valence-corrected chi connectivity index (χ2v) is 5.43. The van der Waals surface area contributed by atoms with Crippen molar-refractivity contribution in [1.82, 2.24) is 5.32 Å². The van der Waals surface area contributed by atoms with Crippen LogP contribution in [0.15, 0.2) is 18.2 Å². The Balaban J connectivity index is 2.68. The predicted octanol–water partition coefficient (Wildman–Crippen LogP) is 4.44. The first kappa shape index (κ1) is 15.5. The lowest BCUT2D eigenvalue weighted by atomic mass is 9.93. The van der Waals surface area contributed by atoms with E-state index < -0.39 is 0 Å². The molecule has 0 amide bonds. The number of rotatable bonds is 7. The zero-order valence-electron chi connectivity index (χ0n) is 11.5. The van der Waals surface area contributed by atoms with E-state index in [0.29, 0.717) is 22.9 Å². The van der Waals surface area contributed by atoms with Crippen LogP contribution in [0.1, 0.15) is 38.7 Å². The summed E-state index contributed by atoms with van der Waals surface area (Å²) in [6.45, 7) is 4.44. The maximum Gasteiger partial charge on any atom is 0.127 e. The molecule has 0 bridgehead atoms. The molecule has 0 aliphatic rings. The molecule has 1 rings (SSSR count). The Morgan fingerprint density at radius 2 is 2.11 bits per heavy atom. The maximum absolute atomic E-state index is 13.7. The molecule has 102 valence electrons. The molecule has 0 aliphatic carbocycles. The van der Waals surface area contributed by atoms with Crippen molar-refractivity contribution in [3.63, 3.8) is 0 Å². The van der Waals surface area contributed by atoms with Crippen LogP contribution in [0.2, 0.25) is 5.02 Å². The summed E-state index contributed by atoms with van der Waals surface area (Å²) in [6, 6.07) is 5.15. The fourth-order valence-electron chi connectivity index (χ4n) is 2.37. The van der Waals surface area contributed by atoms with Gasteiger partial charge in [-0.15, -0.1) is 0 Å². The number of hydrogen-bond acceptors (Lipinski definition) is 1. The highest BCUT2D eigenvalue weighted by Gasteiger charge is 2.15. The topological polar surface area (TPSA) is 12.0 Å². The van der Waals surface area contributed by atoms with Gasteiger partial charge in [-0.2, -0.15) is 0 Å². The highest BCUT2D eigenvalue weighted by atomic mass is 35.5. The number of benzene rings is 1. The standard InChI is InChI=1S/C15H23ClFN/c1-4-6-11(2)9-12(18-3)10-13-14(16)7-5-8-15(13)17/h5,7-8,11-12,18H,4,6,9-10H2,1-3H3. The van der Waals surface area contributed by atoms with Crippen LogP contribution in [-0.4, -0.2) is 13.1 Å². The summed E-state index contributed by atoms with van der Waals surface area (Å²) in [5, 5.41) is 3.80. The van der Waals surface area contributed by atoms with Gasteiger partial charge in [0.15, 0.2) is 0 Å². The van der Waals surface area contributed by atoms with E-state index in [0.717, 1.165) is 6.42 Å². The smallest absolute Gasteiger partial charge is 0.127 e. The summed E-state index contributed by atoms with van der Waals surface area (Å²) in [6.07, 6.45) is 4.10. The second kappa shape index (κ2) is 7.75. The Bertz CT molecular complexity index is 347. The van der Waals surface area contributed by atoms with Crippen molar-refractivity contribution in [2.45, 2.75) is 45.6 Å². The molecule has 1 aromatic carbocycles. The molecule has 2 unspecified atom stereocenters. The van der Waals surface area contributed by atoms with E-state index in [-0.39, 0.29) is 11.9 Å². The van der Waals surface area contributed by atoms with Crippen molar-refractivity contribution in [1.29, 1.82) is 0 Å². The van der Waals surface area contributed by atoms with Gasteiger partial charge in [0.2, 0.25) is 0 Å². The molecule has 1 N–H and O–H groups in total. The van der Waals surface area contributed by atoms with E-state index in [9.17, 15) is 4.39 Å². The largest absolute Gasteiger partial charge is 0.317 e. The SMILES string of the molecule is CCCC(C)CC(Cc1c(F)cccc1Cl)NC. The van der Waals surface area contributed by atoms with Gasteiger partial charge in [-0.3, -0.25) is 0 Å². The minimum Gasteiger partial charge on any atom is -0.317 e. The molecule has 0 saturated heterocycles. The van der Waals surface area contributed by atoms with Gasteiger partial charge in [0.1, 0.15) is 5.82 Å². The summed E-state index contributed by atoms with van der Waals surface area (Å²) >= 11 is 6.06. The molecule has 0 radical (unpaired) electrons. The molecule has 1 nitrogen and oxygen atoms in total. The van der Waals surface area contributed by atoms with Crippen LogP contribution in [0.5, 0.6) is 0 Å². The predicted molar refractivity (Wildman–Crippen MR) is 76.7 cm³/mol. The molecule has 0 heterocycles. The van der Waals surface area contributed by atoms with Crippen molar-refractivity contribution in [3.05, 3.63) is 34.6 Å². The Morgan fingerprint density at radius 3 is 2.67 bits per heavy atom. The first-order valence-corrected chi connectivity index (χ1v) is 7.06. The molecular formula is C15H23ClFN. The molecule has 0 saturated carbocycles. The highest BCUT2D eigenvalue weighted by molar-refractivity contribution is 6.31. The fraction of sp³-hybridized carbons (Fsp3) is 0.600. The molecule has 1 aromatic rings. The number of likely N-dealkylation sites (N-methyl/N-ethyl adjacent to an activating group) is 1. The van der Waals surface area contributed by atoms with Crippen molar-refractivity contribution in [3.8, 4) is 0 Å². The van der Waals surface area contributed by atoms with Crippen molar-refractivity contribution < 1.29 is 4.39 Å². The Labute approximate surface area is 115 Å². The zero-order valence-corrected chi connectivity index (χ0v) is 12.2. The van der Waals surface area contributed by atoms with Crippen LogP contribution in [-0.2, 0) is 6.42 Å². The van der Waals surface area contributed by atoms with Crippen LogP contribution >= 0.6 is 11.6 Å². The van der Waals surface area contributed by atoms with E-state index in [2.05, 4.69) is 19.2 Å². The first-order valence-electron chi connectivity index (χ1n) is 6.68. The molecule has 0 spiro atoms. The maximum atomic E-state index is 13.7. The summed E-state index contributed by atoms with van der Waals surface area (Å²) in [5.41, 5.74) is 0.627. The Kier molecular flexibility index (Phi) is 6.66. The Morgan fingerprint density at radius 1 is 1.39 bits per heavy atom. The quantitative estimate of drug-likeness (QED) is 0.773. The average molecular weight is 272 g/mol. The van der Waals surface area contributed by atoms with Crippen molar-refractivity contribution >= 4 is 11.6 Å². The van der Waals surface area contributed by atoms with Gasteiger partial charge in [0, 0.05) is 16.6 Å². The van der Waals surface area contributed by atoms with Gasteiger partial charge in [0.25, 0.3) is 0 Å². The van der Waals surface area contributed by atoms with E-state index >= 15 is 0 Å². The number of nitrogens with one attached hydrogen (secondary N) is 1. The van der Waals surface area contributed by atoms with Crippen LogP contribution in [0, 0.1) is 11.7 Å². The third-order valence-electron chi connectivity index (χ3n) is 3.39. The molecule has 2 atom stereocenters. The Hall–Kier alpha value is -0.600. The van der Waals surface area contributed by atoms with Gasteiger partial charge < -0.3 is 5.32 Å². The second-order valence-electron chi connectivity index (χ2n) is 5.02. The van der Waals surface area contributed by atoms with Gasteiger partial charge in [-0.25, -0.2) is 4.39 Å². The number of halogens is 2. The van der Waals surface area contributed by atoms with Gasteiger partial charge in [0.05, 0.1) is 0 Å². The molecule has 0 fully saturated rings. The summed E-state index contributed by atoms with van der Waals surface area (Å²) in [7, 11) is 1.93. The molecule has 3 heteroatoms. The van der Waals surface area contributed by atoms with Gasteiger partial charge in [-0.05, 0) is 37.9 Å². The van der Waals surface area contributed by atoms with Crippen LogP contribution in [0.25, 0.3) is 0 Å². The van der Waals surface area contributed by atoms with E-state index in [4.69, 9.17) is 11.6 Å². The third kappa shape index (κ3) is 4.58. The normalized spacial score (nSPS) is 14.5. The average Bonchev–Trinajstić information content (AvgIpc) is 2.33. The molecule has 0 aromatic heterocycles. The van der Waals surface area contributed by atoms with E-state index in [1.54, 1.807) is 12.1 Å².